The second-order valence-corrected chi connectivity index (χ2v) is 5.47. The fourth-order valence-corrected chi connectivity index (χ4v) is 2.69. The number of hydrogen-bond acceptors (Lipinski definition) is 3. The quantitative estimate of drug-likeness (QED) is 0.828. The lowest BCUT2D eigenvalue weighted by Crippen LogP contribution is -2.43. The summed E-state index contributed by atoms with van der Waals surface area (Å²) >= 11 is 0. The van der Waals surface area contributed by atoms with Gasteiger partial charge >= 0.3 is 0 Å². The second kappa shape index (κ2) is 5.39. The summed E-state index contributed by atoms with van der Waals surface area (Å²) in [6.45, 7) is 3.99. The van der Waals surface area contributed by atoms with Crippen molar-refractivity contribution in [3.8, 4) is 0 Å². The van der Waals surface area contributed by atoms with Crippen LogP contribution in [0.5, 0.6) is 0 Å². The second-order valence-electron chi connectivity index (χ2n) is 5.47. The molecule has 0 amide bonds. The van der Waals surface area contributed by atoms with E-state index in [4.69, 9.17) is 4.74 Å². The zero-order valence-corrected chi connectivity index (χ0v) is 11.1. The standard InChI is InChI=1S/C15H22N2O/c1-18-11-15(8-16-14-6-7-14)17-9-12-4-2-3-5-13(12)10-17/h2-5,14-16H,6-11H2,1H3. The van der Waals surface area contributed by atoms with Crippen LogP contribution in [-0.4, -0.2) is 37.2 Å². The molecular weight excluding hydrogens is 224 g/mol. The maximum atomic E-state index is 5.39. The van der Waals surface area contributed by atoms with E-state index in [1.165, 1.54) is 24.0 Å². The molecule has 1 aliphatic heterocycles. The van der Waals surface area contributed by atoms with Gasteiger partial charge in [0, 0.05) is 38.8 Å². The maximum Gasteiger partial charge on any atom is 0.0630 e. The van der Waals surface area contributed by atoms with Gasteiger partial charge in [0.05, 0.1) is 6.61 Å². The minimum absolute atomic E-state index is 0.489. The number of hydrogen-bond donors (Lipinski definition) is 1. The topological polar surface area (TPSA) is 24.5 Å². The first kappa shape index (κ1) is 12.2. The Morgan fingerprint density at radius 1 is 1.28 bits per heavy atom. The van der Waals surface area contributed by atoms with Crippen molar-refractivity contribution < 1.29 is 4.74 Å². The number of nitrogens with one attached hydrogen (secondary N) is 1. The van der Waals surface area contributed by atoms with Crippen LogP contribution in [0.3, 0.4) is 0 Å². The summed E-state index contributed by atoms with van der Waals surface area (Å²) in [7, 11) is 1.80. The van der Waals surface area contributed by atoms with E-state index in [0.717, 1.165) is 32.3 Å². The van der Waals surface area contributed by atoms with Gasteiger partial charge in [-0.05, 0) is 24.0 Å². The minimum atomic E-state index is 0.489. The van der Waals surface area contributed by atoms with E-state index in [-0.39, 0.29) is 0 Å². The predicted molar refractivity (Wildman–Crippen MR) is 72.4 cm³/mol. The number of rotatable bonds is 6. The van der Waals surface area contributed by atoms with Gasteiger partial charge in [-0.3, -0.25) is 4.90 Å². The average Bonchev–Trinajstić information content (AvgIpc) is 3.11. The molecule has 0 saturated heterocycles. The van der Waals surface area contributed by atoms with Crippen LogP contribution in [0.2, 0.25) is 0 Å². The Bertz CT molecular complexity index is 378. The van der Waals surface area contributed by atoms with Gasteiger partial charge in [-0.1, -0.05) is 24.3 Å². The maximum absolute atomic E-state index is 5.39. The van der Waals surface area contributed by atoms with Crippen LogP contribution in [0.15, 0.2) is 24.3 Å². The molecule has 1 unspecified atom stereocenters. The van der Waals surface area contributed by atoms with Crippen molar-refractivity contribution in [2.75, 3.05) is 20.3 Å². The van der Waals surface area contributed by atoms with Crippen molar-refractivity contribution in [1.82, 2.24) is 10.2 Å². The molecule has 98 valence electrons. The van der Waals surface area contributed by atoms with Crippen LogP contribution in [0.1, 0.15) is 24.0 Å². The van der Waals surface area contributed by atoms with Crippen LogP contribution in [-0.2, 0) is 17.8 Å². The Labute approximate surface area is 109 Å². The Hall–Kier alpha value is -0.900. The number of fused-ring (bicyclic) bond motifs is 1. The van der Waals surface area contributed by atoms with E-state index in [1.54, 1.807) is 7.11 Å². The van der Waals surface area contributed by atoms with Gasteiger partial charge in [-0.25, -0.2) is 0 Å². The van der Waals surface area contributed by atoms with E-state index in [2.05, 4.69) is 34.5 Å². The molecule has 1 saturated carbocycles. The van der Waals surface area contributed by atoms with Gasteiger partial charge < -0.3 is 10.1 Å². The van der Waals surface area contributed by atoms with E-state index < -0.39 is 0 Å². The molecule has 0 spiro atoms. The third-order valence-corrected chi connectivity index (χ3v) is 3.96. The molecule has 1 aliphatic carbocycles. The molecule has 1 N–H and O–H groups in total. The Kier molecular flexibility index (Phi) is 3.64. The van der Waals surface area contributed by atoms with Crippen molar-refractivity contribution in [2.45, 2.75) is 38.0 Å². The van der Waals surface area contributed by atoms with Gasteiger partial charge in [0.25, 0.3) is 0 Å². The molecular formula is C15H22N2O. The van der Waals surface area contributed by atoms with Crippen molar-refractivity contribution in [1.29, 1.82) is 0 Å². The molecule has 0 aromatic heterocycles. The summed E-state index contributed by atoms with van der Waals surface area (Å²) in [5, 5.41) is 3.62. The van der Waals surface area contributed by atoms with E-state index in [1.807, 2.05) is 0 Å². The Morgan fingerprint density at radius 2 is 1.94 bits per heavy atom. The molecule has 2 aliphatic rings. The van der Waals surface area contributed by atoms with Crippen molar-refractivity contribution in [3.05, 3.63) is 35.4 Å². The molecule has 0 bridgehead atoms. The Morgan fingerprint density at radius 3 is 2.50 bits per heavy atom. The highest BCUT2D eigenvalue weighted by Gasteiger charge is 2.28. The lowest BCUT2D eigenvalue weighted by Gasteiger charge is -2.27. The van der Waals surface area contributed by atoms with Gasteiger partial charge in [0.1, 0.15) is 0 Å². The summed E-state index contributed by atoms with van der Waals surface area (Å²) in [5.74, 6) is 0. The van der Waals surface area contributed by atoms with Gasteiger partial charge in [-0.2, -0.15) is 0 Å². The highest BCUT2D eigenvalue weighted by Crippen LogP contribution is 2.25. The molecule has 0 radical (unpaired) electrons. The normalized spacial score (nSPS) is 20.9. The summed E-state index contributed by atoms with van der Waals surface area (Å²) in [5.41, 5.74) is 2.95. The van der Waals surface area contributed by atoms with Crippen LogP contribution in [0.4, 0.5) is 0 Å². The largest absolute Gasteiger partial charge is 0.383 e. The van der Waals surface area contributed by atoms with Crippen molar-refractivity contribution in [3.63, 3.8) is 0 Å². The van der Waals surface area contributed by atoms with Crippen LogP contribution in [0, 0.1) is 0 Å². The number of ether oxygens (including phenoxy) is 1. The SMILES string of the molecule is COCC(CNC1CC1)N1Cc2ccccc2C1. The van der Waals surface area contributed by atoms with Crippen molar-refractivity contribution in [2.24, 2.45) is 0 Å². The minimum Gasteiger partial charge on any atom is -0.383 e. The van der Waals surface area contributed by atoms with Gasteiger partial charge in [0.15, 0.2) is 0 Å². The lowest BCUT2D eigenvalue weighted by atomic mass is 10.1. The molecule has 1 aromatic carbocycles. The van der Waals surface area contributed by atoms with Gasteiger partial charge in [-0.15, -0.1) is 0 Å². The zero-order valence-electron chi connectivity index (χ0n) is 11.1. The predicted octanol–water partition coefficient (Wildman–Crippen LogP) is 1.77. The first-order valence-electron chi connectivity index (χ1n) is 6.90. The fourth-order valence-electron chi connectivity index (χ4n) is 2.69. The molecule has 1 atom stereocenters. The Balaban J connectivity index is 1.61. The van der Waals surface area contributed by atoms with Gasteiger partial charge in [0.2, 0.25) is 0 Å². The van der Waals surface area contributed by atoms with Crippen LogP contribution < -0.4 is 5.32 Å². The smallest absolute Gasteiger partial charge is 0.0630 e. The van der Waals surface area contributed by atoms with E-state index in [0.29, 0.717) is 6.04 Å². The van der Waals surface area contributed by atoms with Crippen LogP contribution >= 0.6 is 0 Å². The third-order valence-electron chi connectivity index (χ3n) is 3.96. The van der Waals surface area contributed by atoms with Crippen molar-refractivity contribution >= 4 is 0 Å². The lowest BCUT2D eigenvalue weighted by molar-refractivity contribution is 0.0873. The highest BCUT2D eigenvalue weighted by molar-refractivity contribution is 5.30. The average molecular weight is 246 g/mol. The summed E-state index contributed by atoms with van der Waals surface area (Å²) in [6, 6.07) is 10.0. The molecule has 1 heterocycles. The first-order valence-corrected chi connectivity index (χ1v) is 6.90. The number of methoxy groups -OCH3 is 1. The molecule has 3 nitrogen and oxygen atoms in total. The molecule has 1 fully saturated rings. The fraction of sp³-hybridized carbons (Fsp3) is 0.600. The molecule has 3 heteroatoms. The number of benzene rings is 1. The summed E-state index contributed by atoms with van der Waals surface area (Å²) in [6.07, 6.45) is 2.69. The van der Waals surface area contributed by atoms with E-state index >= 15 is 0 Å². The summed E-state index contributed by atoms with van der Waals surface area (Å²) in [4.78, 5) is 2.53. The molecule has 1 aromatic rings. The molecule has 3 rings (SSSR count). The summed E-state index contributed by atoms with van der Waals surface area (Å²) < 4.78 is 5.39. The number of nitrogens with zero attached hydrogens (tertiary/aromatic N) is 1. The molecule has 18 heavy (non-hydrogen) atoms. The third kappa shape index (κ3) is 2.74. The monoisotopic (exact) mass is 246 g/mol. The van der Waals surface area contributed by atoms with E-state index in [9.17, 15) is 0 Å². The first-order chi connectivity index (χ1) is 8.86. The van der Waals surface area contributed by atoms with Crippen LogP contribution in [0.25, 0.3) is 0 Å². The zero-order chi connectivity index (χ0) is 12.4. The highest BCUT2D eigenvalue weighted by atomic mass is 16.5.